The van der Waals surface area contributed by atoms with Gasteiger partial charge in [-0.15, -0.1) is 11.3 Å². The Morgan fingerprint density at radius 1 is 1.50 bits per heavy atom. The van der Waals surface area contributed by atoms with Gasteiger partial charge < -0.3 is 0 Å². The van der Waals surface area contributed by atoms with Crippen molar-refractivity contribution in [1.29, 1.82) is 0 Å². The Morgan fingerprint density at radius 3 is 3.00 bits per heavy atom. The summed E-state index contributed by atoms with van der Waals surface area (Å²) in [7, 11) is 0. The van der Waals surface area contributed by atoms with Crippen molar-refractivity contribution in [3.05, 3.63) is 52.8 Å². The SMILES string of the molecule is Cc1cnc(NC(=O)C=Cc2cccc(F)c2)s1. The average Bonchev–Trinajstić information content (AvgIpc) is 2.72. The van der Waals surface area contributed by atoms with Crippen LogP contribution in [-0.2, 0) is 4.79 Å². The lowest BCUT2D eigenvalue weighted by molar-refractivity contribution is -0.111. The van der Waals surface area contributed by atoms with Gasteiger partial charge in [-0.25, -0.2) is 9.37 Å². The average molecular weight is 262 g/mol. The molecule has 1 N–H and O–H groups in total. The van der Waals surface area contributed by atoms with Gasteiger partial charge in [-0.2, -0.15) is 0 Å². The second-order valence-corrected chi connectivity index (χ2v) is 4.89. The minimum Gasteiger partial charge on any atom is -0.298 e. The van der Waals surface area contributed by atoms with E-state index in [4.69, 9.17) is 0 Å². The van der Waals surface area contributed by atoms with E-state index in [-0.39, 0.29) is 11.7 Å². The number of hydrogen-bond acceptors (Lipinski definition) is 3. The Labute approximate surface area is 108 Å². The zero-order chi connectivity index (χ0) is 13.0. The number of aromatic nitrogens is 1. The molecule has 5 heteroatoms. The van der Waals surface area contributed by atoms with Gasteiger partial charge in [0.15, 0.2) is 5.13 Å². The molecule has 0 saturated carbocycles. The summed E-state index contributed by atoms with van der Waals surface area (Å²) in [4.78, 5) is 16.6. The van der Waals surface area contributed by atoms with Crippen molar-refractivity contribution in [3.8, 4) is 0 Å². The topological polar surface area (TPSA) is 42.0 Å². The van der Waals surface area contributed by atoms with Gasteiger partial charge in [-0.3, -0.25) is 10.1 Å². The van der Waals surface area contributed by atoms with E-state index >= 15 is 0 Å². The predicted octanol–water partition coefficient (Wildman–Crippen LogP) is 3.24. The van der Waals surface area contributed by atoms with Crippen LogP contribution in [0, 0.1) is 12.7 Å². The molecule has 0 fully saturated rings. The number of aryl methyl sites for hydroxylation is 1. The summed E-state index contributed by atoms with van der Waals surface area (Å²) in [5.41, 5.74) is 0.639. The molecule has 0 aliphatic carbocycles. The van der Waals surface area contributed by atoms with Crippen molar-refractivity contribution in [1.82, 2.24) is 4.98 Å². The van der Waals surface area contributed by atoms with E-state index in [9.17, 15) is 9.18 Å². The molecule has 0 aliphatic rings. The lowest BCUT2D eigenvalue weighted by atomic mass is 10.2. The van der Waals surface area contributed by atoms with Gasteiger partial charge in [0, 0.05) is 17.2 Å². The van der Waals surface area contributed by atoms with Crippen LogP contribution in [0.4, 0.5) is 9.52 Å². The lowest BCUT2D eigenvalue weighted by Gasteiger charge is -1.96. The van der Waals surface area contributed by atoms with E-state index in [1.807, 2.05) is 6.92 Å². The third kappa shape index (κ3) is 3.49. The molecule has 0 aliphatic heterocycles. The van der Waals surface area contributed by atoms with Crippen molar-refractivity contribution in [2.75, 3.05) is 5.32 Å². The number of rotatable bonds is 3. The third-order valence-corrected chi connectivity index (χ3v) is 2.96. The number of nitrogens with one attached hydrogen (secondary N) is 1. The normalized spacial score (nSPS) is 10.8. The molecular formula is C13H11FN2OS. The summed E-state index contributed by atoms with van der Waals surface area (Å²) in [5.74, 6) is -0.610. The number of anilines is 1. The Hall–Kier alpha value is -2.01. The van der Waals surface area contributed by atoms with Crippen LogP contribution in [0.5, 0.6) is 0 Å². The zero-order valence-electron chi connectivity index (χ0n) is 9.68. The second kappa shape index (κ2) is 5.55. The van der Waals surface area contributed by atoms with Crippen molar-refractivity contribution in [3.63, 3.8) is 0 Å². The highest BCUT2D eigenvalue weighted by Crippen LogP contribution is 2.16. The predicted molar refractivity (Wildman–Crippen MR) is 70.9 cm³/mol. The van der Waals surface area contributed by atoms with Gasteiger partial charge in [0.25, 0.3) is 0 Å². The molecule has 1 heterocycles. The second-order valence-electron chi connectivity index (χ2n) is 3.65. The van der Waals surface area contributed by atoms with Gasteiger partial charge in [0.1, 0.15) is 5.82 Å². The molecule has 18 heavy (non-hydrogen) atoms. The van der Waals surface area contributed by atoms with Gasteiger partial charge in [-0.1, -0.05) is 12.1 Å². The molecule has 0 saturated heterocycles. The van der Waals surface area contributed by atoms with Crippen LogP contribution in [0.15, 0.2) is 36.5 Å². The highest BCUT2D eigenvalue weighted by Gasteiger charge is 2.01. The molecule has 2 aromatic rings. The van der Waals surface area contributed by atoms with Crippen LogP contribution < -0.4 is 5.32 Å². The molecule has 1 aromatic carbocycles. The van der Waals surface area contributed by atoms with Crippen LogP contribution in [-0.4, -0.2) is 10.9 Å². The molecule has 0 radical (unpaired) electrons. The van der Waals surface area contributed by atoms with Crippen LogP contribution in [0.3, 0.4) is 0 Å². The van der Waals surface area contributed by atoms with Crippen molar-refractivity contribution >= 4 is 28.5 Å². The largest absolute Gasteiger partial charge is 0.298 e. The van der Waals surface area contributed by atoms with Crippen LogP contribution >= 0.6 is 11.3 Å². The van der Waals surface area contributed by atoms with Crippen molar-refractivity contribution in [2.24, 2.45) is 0 Å². The van der Waals surface area contributed by atoms with E-state index < -0.39 is 0 Å². The summed E-state index contributed by atoms with van der Waals surface area (Å²) in [5, 5.41) is 3.19. The minimum absolute atomic E-state index is 0.284. The summed E-state index contributed by atoms with van der Waals surface area (Å²) >= 11 is 1.40. The van der Waals surface area contributed by atoms with Gasteiger partial charge >= 0.3 is 0 Å². The van der Waals surface area contributed by atoms with E-state index in [1.54, 1.807) is 24.4 Å². The van der Waals surface area contributed by atoms with E-state index in [2.05, 4.69) is 10.3 Å². The standard InChI is InChI=1S/C13H11FN2OS/c1-9-8-15-13(18-9)16-12(17)6-5-10-3-2-4-11(14)7-10/h2-8H,1H3,(H,15,16,17). The molecule has 1 amide bonds. The van der Waals surface area contributed by atoms with E-state index in [1.165, 1.54) is 29.5 Å². The number of benzene rings is 1. The summed E-state index contributed by atoms with van der Waals surface area (Å²) in [6.45, 7) is 1.91. The van der Waals surface area contributed by atoms with E-state index in [0.717, 1.165) is 4.88 Å². The molecule has 1 aromatic heterocycles. The first-order chi connectivity index (χ1) is 8.63. The van der Waals surface area contributed by atoms with Gasteiger partial charge in [-0.05, 0) is 30.7 Å². The maximum Gasteiger partial charge on any atom is 0.250 e. The molecule has 0 atom stereocenters. The highest BCUT2D eigenvalue weighted by molar-refractivity contribution is 7.15. The maximum atomic E-state index is 12.9. The first-order valence-electron chi connectivity index (χ1n) is 5.30. The zero-order valence-corrected chi connectivity index (χ0v) is 10.5. The first kappa shape index (κ1) is 12.4. The van der Waals surface area contributed by atoms with Crippen LogP contribution in [0.25, 0.3) is 6.08 Å². The highest BCUT2D eigenvalue weighted by atomic mass is 32.1. The van der Waals surface area contributed by atoms with Crippen molar-refractivity contribution in [2.45, 2.75) is 6.92 Å². The number of nitrogens with zero attached hydrogens (tertiary/aromatic N) is 1. The quantitative estimate of drug-likeness (QED) is 0.863. The first-order valence-corrected chi connectivity index (χ1v) is 6.12. The Kier molecular flexibility index (Phi) is 3.84. The smallest absolute Gasteiger partial charge is 0.250 e. The van der Waals surface area contributed by atoms with Crippen LogP contribution in [0.2, 0.25) is 0 Å². The fraction of sp³-hybridized carbons (Fsp3) is 0.0769. The molecule has 0 spiro atoms. The lowest BCUT2D eigenvalue weighted by Crippen LogP contribution is -2.07. The number of amides is 1. The number of hydrogen-bond donors (Lipinski definition) is 1. The molecule has 0 unspecified atom stereocenters. The molecule has 3 nitrogen and oxygen atoms in total. The van der Waals surface area contributed by atoms with E-state index in [0.29, 0.717) is 10.7 Å². The van der Waals surface area contributed by atoms with Crippen molar-refractivity contribution < 1.29 is 9.18 Å². The minimum atomic E-state index is -0.326. The number of halogens is 1. The summed E-state index contributed by atoms with van der Waals surface area (Å²) < 4.78 is 12.9. The van der Waals surface area contributed by atoms with Crippen LogP contribution in [0.1, 0.15) is 10.4 Å². The molecule has 0 bridgehead atoms. The fourth-order valence-electron chi connectivity index (χ4n) is 1.34. The summed E-state index contributed by atoms with van der Waals surface area (Å²) in [6, 6.07) is 6.03. The number of thiazole rings is 1. The molecule has 92 valence electrons. The maximum absolute atomic E-state index is 12.9. The summed E-state index contributed by atoms with van der Waals surface area (Å²) in [6.07, 6.45) is 4.60. The molecular weight excluding hydrogens is 251 g/mol. The Balaban J connectivity index is 1.99. The number of carbonyl (C=O) groups is 1. The number of carbonyl (C=O) groups excluding carboxylic acids is 1. The van der Waals surface area contributed by atoms with Gasteiger partial charge in [0.2, 0.25) is 5.91 Å². The Bertz CT molecular complexity index is 592. The monoisotopic (exact) mass is 262 g/mol. The molecule has 2 rings (SSSR count). The Morgan fingerprint density at radius 2 is 2.33 bits per heavy atom. The van der Waals surface area contributed by atoms with Gasteiger partial charge in [0.05, 0.1) is 0 Å². The fourth-order valence-corrected chi connectivity index (χ4v) is 2.01. The third-order valence-electron chi connectivity index (χ3n) is 2.13.